The zero-order valence-electron chi connectivity index (χ0n) is 14.7. The Morgan fingerprint density at radius 1 is 1.14 bits per heavy atom. The van der Waals surface area contributed by atoms with E-state index >= 15 is 0 Å². The summed E-state index contributed by atoms with van der Waals surface area (Å²) in [7, 11) is -3.80. The van der Waals surface area contributed by atoms with Crippen molar-refractivity contribution < 1.29 is 18.3 Å². The lowest BCUT2D eigenvalue weighted by atomic mass is 10.1. The highest BCUT2D eigenvalue weighted by atomic mass is 35.5. The number of nitrogens with zero attached hydrogens (tertiary/aromatic N) is 1. The molecule has 0 aliphatic rings. The maximum atomic E-state index is 12.5. The van der Waals surface area contributed by atoms with E-state index in [2.05, 4.69) is 4.72 Å². The van der Waals surface area contributed by atoms with Crippen LogP contribution in [0.2, 0.25) is 10.0 Å². The number of carbonyl (C=O) groups is 1. The lowest BCUT2D eigenvalue weighted by Gasteiger charge is -2.08. The molecule has 2 aromatic carbocycles. The molecule has 0 aliphatic heterocycles. The first-order chi connectivity index (χ1) is 13.3. The fourth-order valence-electron chi connectivity index (χ4n) is 3.00. The summed E-state index contributed by atoms with van der Waals surface area (Å²) in [6.07, 6.45) is 2.32. The summed E-state index contributed by atoms with van der Waals surface area (Å²) in [5, 5.41) is 10.3. The smallest absolute Gasteiger partial charge is 0.305 e. The van der Waals surface area contributed by atoms with E-state index in [0.29, 0.717) is 13.0 Å². The number of hydrogen-bond donors (Lipinski definition) is 2. The maximum absolute atomic E-state index is 12.5. The molecule has 1 aromatic heterocycles. The molecule has 0 spiro atoms. The zero-order chi connectivity index (χ0) is 20.3. The van der Waals surface area contributed by atoms with Crippen molar-refractivity contribution >= 4 is 50.1 Å². The molecule has 148 valence electrons. The summed E-state index contributed by atoms with van der Waals surface area (Å²) in [4.78, 5) is 10.8. The Morgan fingerprint density at radius 3 is 2.64 bits per heavy atom. The van der Waals surface area contributed by atoms with Crippen LogP contribution in [0.25, 0.3) is 10.9 Å². The number of sulfonamides is 1. The number of fused-ring (bicyclic) bond motifs is 1. The van der Waals surface area contributed by atoms with E-state index in [4.69, 9.17) is 28.3 Å². The number of rotatable bonds is 8. The minimum atomic E-state index is -3.80. The van der Waals surface area contributed by atoms with E-state index in [1.54, 1.807) is 0 Å². The van der Waals surface area contributed by atoms with Gasteiger partial charge in [0.25, 0.3) is 0 Å². The summed E-state index contributed by atoms with van der Waals surface area (Å²) < 4.78 is 29.5. The van der Waals surface area contributed by atoms with Gasteiger partial charge in [-0.3, -0.25) is 4.79 Å². The molecule has 2 N–H and O–H groups in total. The van der Waals surface area contributed by atoms with Gasteiger partial charge in [-0.05, 0) is 36.2 Å². The normalized spacial score (nSPS) is 11.8. The number of nitrogens with one attached hydrogen (secondary N) is 1. The predicted molar refractivity (Wildman–Crippen MR) is 110 cm³/mol. The summed E-state index contributed by atoms with van der Waals surface area (Å²) in [5.74, 6) is -0.870. The highest BCUT2D eigenvalue weighted by Gasteiger charge is 2.18. The number of carboxylic acids is 1. The first kappa shape index (κ1) is 20.7. The fraction of sp³-hybridized carbons (Fsp3) is 0.211. The molecule has 0 saturated carbocycles. The molecule has 9 heteroatoms. The van der Waals surface area contributed by atoms with Crippen LogP contribution in [0.3, 0.4) is 0 Å². The second-order valence-electron chi connectivity index (χ2n) is 6.23. The van der Waals surface area contributed by atoms with Gasteiger partial charge in [0.05, 0.1) is 11.4 Å². The average Bonchev–Trinajstić information content (AvgIpc) is 3.00. The minimum absolute atomic E-state index is 0.0119. The van der Waals surface area contributed by atoms with E-state index in [1.165, 1.54) is 18.2 Å². The van der Waals surface area contributed by atoms with Crippen molar-refractivity contribution in [3.05, 3.63) is 64.3 Å². The Hall–Kier alpha value is -2.06. The molecule has 6 nitrogen and oxygen atoms in total. The summed E-state index contributed by atoms with van der Waals surface area (Å²) in [6, 6.07) is 11.9. The van der Waals surface area contributed by atoms with Crippen molar-refractivity contribution in [3.63, 3.8) is 0 Å². The van der Waals surface area contributed by atoms with Gasteiger partial charge in [-0.15, -0.1) is 0 Å². The summed E-state index contributed by atoms with van der Waals surface area (Å²) in [5.41, 5.74) is 1.85. The molecular weight excluding hydrogens is 423 g/mol. The monoisotopic (exact) mass is 440 g/mol. The van der Waals surface area contributed by atoms with Gasteiger partial charge in [-0.2, -0.15) is 0 Å². The van der Waals surface area contributed by atoms with Crippen molar-refractivity contribution in [2.45, 2.75) is 24.3 Å². The van der Waals surface area contributed by atoms with Crippen molar-refractivity contribution in [2.75, 3.05) is 6.54 Å². The molecule has 1 heterocycles. The Bertz CT molecular complexity index is 1130. The second kappa shape index (κ2) is 8.53. The Balaban J connectivity index is 1.77. The zero-order valence-corrected chi connectivity index (χ0v) is 17.1. The van der Waals surface area contributed by atoms with E-state index in [1.807, 2.05) is 35.0 Å². The number of para-hydroxylation sites is 1. The number of aryl methyl sites for hydroxylation is 1. The average molecular weight is 441 g/mol. The lowest BCUT2D eigenvalue weighted by molar-refractivity contribution is -0.137. The number of aromatic nitrogens is 1. The van der Waals surface area contributed by atoms with Gasteiger partial charge >= 0.3 is 5.97 Å². The van der Waals surface area contributed by atoms with Crippen molar-refractivity contribution in [1.82, 2.24) is 9.29 Å². The molecule has 0 amide bonds. The molecule has 28 heavy (non-hydrogen) atoms. The van der Waals surface area contributed by atoms with Gasteiger partial charge in [0.2, 0.25) is 10.0 Å². The number of hydrogen-bond acceptors (Lipinski definition) is 3. The molecular formula is C19H18Cl2N2O4S. The third-order valence-corrected chi connectivity index (χ3v) is 6.48. The summed E-state index contributed by atoms with van der Waals surface area (Å²) >= 11 is 11.9. The molecule has 0 bridgehead atoms. The van der Waals surface area contributed by atoms with Crippen molar-refractivity contribution in [1.29, 1.82) is 0 Å². The maximum Gasteiger partial charge on any atom is 0.305 e. The molecule has 0 fully saturated rings. The van der Waals surface area contributed by atoms with E-state index in [-0.39, 0.29) is 27.9 Å². The highest BCUT2D eigenvalue weighted by Crippen LogP contribution is 2.25. The van der Waals surface area contributed by atoms with Gasteiger partial charge in [-0.25, -0.2) is 13.1 Å². The first-order valence-corrected chi connectivity index (χ1v) is 10.7. The van der Waals surface area contributed by atoms with Crippen LogP contribution >= 0.6 is 23.2 Å². The van der Waals surface area contributed by atoms with Gasteiger partial charge in [-0.1, -0.05) is 41.4 Å². The molecule has 3 rings (SSSR count). The molecule has 0 unspecified atom stereocenters. The van der Waals surface area contributed by atoms with Crippen LogP contribution in [0.4, 0.5) is 0 Å². The van der Waals surface area contributed by atoms with Gasteiger partial charge in [0.15, 0.2) is 0 Å². The Labute approximate surface area is 172 Å². The van der Waals surface area contributed by atoms with Crippen LogP contribution < -0.4 is 4.72 Å². The number of aliphatic carboxylic acids is 1. The van der Waals surface area contributed by atoms with Crippen molar-refractivity contribution in [2.24, 2.45) is 0 Å². The van der Waals surface area contributed by atoms with Gasteiger partial charge < -0.3 is 9.67 Å². The number of halogens is 2. The molecule has 0 radical (unpaired) electrons. The topological polar surface area (TPSA) is 88.4 Å². The van der Waals surface area contributed by atoms with E-state index in [9.17, 15) is 13.2 Å². The second-order valence-corrected chi connectivity index (χ2v) is 8.81. The van der Waals surface area contributed by atoms with Crippen LogP contribution in [0.1, 0.15) is 12.0 Å². The predicted octanol–water partition coefficient (Wildman–Crippen LogP) is 3.94. The van der Waals surface area contributed by atoms with Crippen LogP contribution in [-0.2, 0) is 27.8 Å². The van der Waals surface area contributed by atoms with E-state index < -0.39 is 16.0 Å². The minimum Gasteiger partial charge on any atom is -0.481 e. The molecule has 0 saturated heterocycles. The van der Waals surface area contributed by atoms with Gasteiger partial charge in [0.1, 0.15) is 4.90 Å². The van der Waals surface area contributed by atoms with Crippen LogP contribution in [0, 0.1) is 0 Å². The third-order valence-electron chi connectivity index (χ3n) is 4.31. The summed E-state index contributed by atoms with van der Waals surface area (Å²) in [6.45, 7) is 0.512. The first-order valence-electron chi connectivity index (χ1n) is 8.51. The number of benzene rings is 2. The quantitative estimate of drug-likeness (QED) is 0.554. The van der Waals surface area contributed by atoms with E-state index in [0.717, 1.165) is 16.5 Å². The Kier molecular flexibility index (Phi) is 6.30. The largest absolute Gasteiger partial charge is 0.481 e. The standard InChI is InChI=1S/C19H18Cl2N2O4S/c20-14-5-6-16(21)18(11-14)28(26,27)22-9-7-13-12-23(10-8-19(24)25)17-4-2-1-3-15(13)17/h1-6,11-12,22H,7-10H2,(H,24,25). The van der Waals surface area contributed by atoms with Gasteiger partial charge in [0, 0.05) is 35.2 Å². The SMILES string of the molecule is O=C(O)CCn1cc(CCNS(=O)(=O)c2cc(Cl)ccc2Cl)c2ccccc21. The lowest BCUT2D eigenvalue weighted by Crippen LogP contribution is -2.26. The highest BCUT2D eigenvalue weighted by molar-refractivity contribution is 7.89. The molecule has 0 aliphatic carbocycles. The molecule has 0 atom stereocenters. The number of carboxylic acid groups (broad SMARTS) is 1. The fourth-order valence-corrected chi connectivity index (χ4v) is 4.80. The van der Waals surface area contributed by atoms with Crippen LogP contribution in [0.15, 0.2) is 53.6 Å². The molecule has 3 aromatic rings. The van der Waals surface area contributed by atoms with Crippen molar-refractivity contribution in [3.8, 4) is 0 Å². The van der Waals surface area contributed by atoms with Crippen LogP contribution in [-0.4, -0.2) is 30.6 Å². The van der Waals surface area contributed by atoms with Crippen LogP contribution in [0.5, 0.6) is 0 Å². The third kappa shape index (κ3) is 4.67. The Morgan fingerprint density at radius 2 is 1.89 bits per heavy atom.